The third-order valence-electron chi connectivity index (χ3n) is 5.80. The number of rotatable bonds is 5. The van der Waals surface area contributed by atoms with Gasteiger partial charge in [0.1, 0.15) is 0 Å². The van der Waals surface area contributed by atoms with E-state index in [2.05, 4.69) is 24.1 Å². The molecule has 0 spiro atoms. The molecule has 0 amide bonds. The van der Waals surface area contributed by atoms with Gasteiger partial charge in [0.15, 0.2) is 5.78 Å². The first-order valence-corrected chi connectivity index (χ1v) is 11.8. The number of carbonyl (C=O) groups excluding carboxylic acids is 1. The van der Waals surface area contributed by atoms with Crippen LogP contribution >= 0.6 is 35.2 Å². The highest BCUT2D eigenvalue weighted by atomic mass is 35.5. The number of fused-ring (bicyclic) bond motifs is 1. The fraction of sp³-hybridized carbons (Fsp3) is 0.240. The molecule has 4 rings (SSSR count). The first-order valence-electron chi connectivity index (χ1n) is 10.3. The van der Waals surface area contributed by atoms with Crippen LogP contribution in [-0.4, -0.2) is 17.3 Å². The minimum Gasteiger partial charge on any atom is -0.377 e. The summed E-state index contributed by atoms with van der Waals surface area (Å²) >= 11 is 13.9. The zero-order valence-electron chi connectivity index (χ0n) is 18.4. The van der Waals surface area contributed by atoms with Crippen LogP contribution in [0.3, 0.4) is 0 Å². The predicted molar refractivity (Wildman–Crippen MR) is 135 cm³/mol. The number of aryl methyl sites for hydroxylation is 2. The minimum absolute atomic E-state index is 0.0584. The number of aromatic amines is 1. The Hall–Kier alpha value is -2.18. The van der Waals surface area contributed by atoms with Crippen molar-refractivity contribution < 1.29 is 8.98 Å². The molecule has 4 nitrogen and oxygen atoms in total. The quantitative estimate of drug-likeness (QED) is 0.293. The van der Waals surface area contributed by atoms with Crippen molar-refractivity contribution in [3.05, 3.63) is 79.6 Å². The summed E-state index contributed by atoms with van der Waals surface area (Å²) in [5, 5.41) is 4.38. The van der Waals surface area contributed by atoms with Gasteiger partial charge in [0, 0.05) is 60.8 Å². The molecule has 166 valence electrons. The first-order chi connectivity index (χ1) is 15.2. The molecule has 0 fully saturated rings. The number of halogens is 2. The van der Waals surface area contributed by atoms with Gasteiger partial charge in [-0.3, -0.25) is 4.79 Å². The summed E-state index contributed by atoms with van der Waals surface area (Å²) in [6.07, 6.45) is 1.96. The van der Waals surface area contributed by atoms with Crippen molar-refractivity contribution in [2.45, 2.75) is 39.2 Å². The highest BCUT2D eigenvalue weighted by Crippen LogP contribution is 2.36. The van der Waals surface area contributed by atoms with Crippen LogP contribution in [0.25, 0.3) is 11.6 Å². The van der Waals surface area contributed by atoms with Crippen LogP contribution in [0.5, 0.6) is 0 Å². The van der Waals surface area contributed by atoms with Crippen molar-refractivity contribution >= 4 is 58.4 Å². The van der Waals surface area contributed by atoms with Crippen molar-refractivity contribution in [1.29, 1.82) is 0 Å². The normalized spacial score (nSPS) is 14.6. The Kier molecular flexibility index (Phi) is 6.72. The molecule has 0 saturated heterocycles. The van der Waals surface area contributed by atoms with E-state index in [1.165, 1.54) is 17.6 Å². The van der Waals surface area contributed by atoms with E-state index < -0.39 is 0 Å². The third-order valence-corrected chi connectivity index (χ3v) is 7.16. The highest BCUT2D eigenvalue weighted by molar-refractivity contribution is 7.94. The van der Waals surface area contributed by atoms with Gasteiger partial charge in [0.25, 0.3) is 0 Å². The van der Waals surface area contributed by atoms with Gasteiger partial charge in [-0.2, -0.15) is 0 Å². The van der Waals surface area contributed by atoms with Crippen LogP contribution in [0, 0.1) is 27.7 Å². The Bertz CT molecular complexity index is 1220. The molecule has 0 aliphatic carbocycles. The Labute approximate surface area is 202 Å². The van der Waals surface area contributed by atoms with E-state index in [1.807, 2.05) is 50.3 Å². The third kappa shape index (κ3) is 4.62. The van der Waals surface area contributed by atoms with Crippen LogP contribution in [0.1, 0.15) is 39.2 Å². The number of carbonyl (C=O) groups is 1. The monoisotopic (exact) mass is 486 g/mol. The number of Topliss-reactive ketones (excluding diaryl/α,β-unsaturated/α-hetero) is 1. The second-order valence-corrected chi connectivity index (χ2v) is 9.70. The molecule has 0 unspecified atom stereocenters. The van der Waals surface area contributed by atoms with Crippen LogP contribution in [0.4, 0.5) is 5.69 Å². The van der Waals surface area contributed by atoms with E-state index in [9.17, 15) is 4.79 Å². The minimum atomic E-state index is 0.0584. The lowest BCUT2D eigenvalue weighted by atomic mass is 9.94. The smallest absolute Gasteiger partial charge is 0.182 e. The Morgan fingerprint density at radius 3 is 2.44 bits per heavy atom. The summed E-state index contributed by atoms with van der Waals surface area (Å²) in [5.41, 5.74) is 8.70. The van der Waals surface area contributed by atoms with Gasteiger partial charge in [-0.15, -0.1) is 0 Å². The molecule has 3 aromatic rings. The maximum Gasteiger partial charge on any atom is 0.182 e. The summed E-state index contributed by atoms with van der Waals surface area (Å²) < 4.78 is 5.83. The van der Waals surface area contributed by atoms with E-state index in [0.29, 0.717) is 15.6 Å². The lowest BCUT2D eigenvalue weighted by Crippen LogP contribution is -2.21. The number of H-pyrrole nitrogens is 1. The van der Waals surface area contributed by atoms with E-state index in [0.717, 1.165) is 44.2 Å². The molecule has 1 aromatic heterocycles. The van der Waals surface area contributed by atoms with Crippen LogP contribution in [0.2, 0.25) is 10.0 Å². The average Bonchev–Trinajstić information content (AvgIpc) is 2.98. The van der Waals surface area contributed by atoms with Gasteiger partial charge in [-0.1, -0.05) is 23.2 Å². The lowest BCUT2D eigenvalue weighted by molar-refractivity contribution is -0.112. The number of hydrogen-bond acceptors (Lipinski definition) is 4. The second-order valence-electron chi connectivity index (χ2n) is 8.01. The summed E-state index contributed by atoms with van der Waals surface area (Å²) in [6.45, 7) is 8.70. The molecule has 0 radical (unpaired) electrons. The zero-order chi connectivity index (χ0) is 23.0. The molecule has 0 saturated carbocycles. The van der Waals surface area contributed by atoms with Gasteiger partial charge in [-0.25, -0.2) is 0 Å². The lowest BCUT2D eigenvalue weighted by Gasteiger charge is -2.21. The Balaban J connectivity index is 1.58. The van der Waals surface area contributed by atoms with Crippen LogP contribution in [-0.2, 0) is 15.6 Å². The largest absolute Gasteiger partial charge is 0.377 e. The number of aromatic nitrogens is 1. The second kappa shape index (κ2) is 9.36. The summed E-state index contributed by atoms with van der Waals surface area (Å²) in [7, 11) is 0. The van der Waals surface area contributed by atoms with Crippen molar-refractivity contribution in [3.8, 4) is 0 Å². The maximum absolute atomic E-state index is 12.8. The molecule has 2 aromatic carbocycles. The van der Waals surface area contributed by atoms with Crippen LogP contribution < -0.4 is 5.32 Å². The van der Waals surface area contributed by atoms with E-state index in [-0.39, 0.29) is 18.9 Å². The maximum atomic E-state index is 12.8. The standard InChI is InChI=1S/C25H24Cl2N2O2S/c1-13-7-21(26)20(22(27)8-13)12-31-32-17-5-6-23-18(9-17)19(25(30)11-28-23)10-24-15(3)14(2)16(4)29-24/h5-10,28-29H,11-12H2,1-4H3/b19-10-. The summed E-state index contributed by atoms with van der Waals surface area (Å²) in [5.74, 6) is 0.0584. The number of hydrogen-bond donors (Lipinski definition) is 2. The first kappa shape index (κ1) is 23.0. The molecule has 32 heavy (non-hydrogen) atoms. The van der Waals surface area contributed by atoms with Gasteiger partial charge in [-0.05, 0) is 80.8 Å². The van der Waals surface area contributed by atoms with Crippen molar-refractivity contribution in [2.24, 2.45) is 0 Å². The molecule has 1 aliphatic rings. The fourth-order valence-electron chi connectivity index (χ4n) is 3.72. The molecular weight excluding hydrogens is 463 g/mol. The molecule has 2 N–H and O–H groups in total. The number of ketones is 1. The Morgan fingerprint density at radius 1 is 1.06 bits per heavy atom. The van der Waals surface area contributed by atoms with Gasteiger partial charge in [0.2, 0.25) is 0 Å². The number of anilines is 1. The van der Waals surface area contributed by atoms with E-state index in [4.69, 9.17) is 27.4 Å². The molecule has 1 aliphatic heterocycles. The number of benzene rings is 2. The van der Waals surface area contributed by atoms with Crippen molar-refractivity contribution in [3.63, 3.8) is 0 Å². The Morgan fingerprint density at radius 2 is 1.78 bits per heavy atom. The molecule has 0 bridgehead atoms. The van der Waals surface area contributed by atoms with Crippen molar-refractivity contribution in [1.82, 2.24) is 4.98 Å². The van der Waals surface area contributed by atoms with Gasteiger partial charge >= 0.3 is 0 Å². The molecule has 7 heteroatoms. The fourth-order valence-corrected chi connectivity index (χ4v) is 5.02. The highest BCUT2D eigenvalue weighted by Gasteiger charge is 2.22. The van der Waals surface area contributed by atoms with Crippen LogP contribution in [0.15, 0.2) is 35.2 Å². The average molecular weight is 487 g/mol. The molecular formula is C25H24Cl2N2O2S. The number of nitrogens with one attached hydrogen (secondary N) is 2. The molecule has 0 atom stereocenters. The predicted octanol–water partition coefficient (Wildman–Crippen LogP) is 7.31. The van der Waals surface area contributed by atoms with Gasteiger partial charge < -0.3 is 14.5 Å². The van der Waals surface area contributed by atoms with E-state index in [1.54, 1.807) is 0 Å². The van der Waals surface area contributed by atoms with E-state index >= 15 is 0 Å². The molecule has 2 heterocycles. The zero-order valence-corrected chi connectivity index (χ0v) is 20.7. The topological polar surface area (TPSA) is 54.1 Å². The van der Waals surface area contributed by atoms with Gasteiger partial charge in [0.05, 0.1) is 13.2 Å². The van der Waals surface area contributed by atoms with Crippen molar-refractivity contribution in [2.75, 3.05) is 11.9 Å². The summed E-state index contributed by atoms with van der Waals surface area (Å²) in [6, 6.07) is 9.67. The summed E-state index contributed by atoms with van der Waals surface area (Å²) in [4.78, 5) is 17.0. The SMILES string of the molecule is Cc1cc(Cl)c(COSc2ccc3c(c2)/C(=C/c2[nH]c(C)c(C)c2C)C(=O)CN3)c(Cl)c1.